The molecule has 1 aliphatic rings. The summed E-state index contributed by atoms with van der Waals surface area (Å²) in [5.74, 6) is 0. The SMILES string of the molecule is Cc1n[nH]c(C)c1S(=O)(=O)N1CCC(N(C)C)C1. The molecule has 1 aromatic rings. The van der Waals surface area contributed by atoms with Crippen LogP contribution in [0.1, 0.15) is 17.8 Å². The Bertz CT molecular complexity index is 516. The lowest BCUT2D eigenvalue weighted by molar-refractivity contribution is 0.302. The maximum absolute atomic E-state index is 12.6. The molecular weight excluding hydrogens is 252 g/mol. The van der Waals surface area contributed by atoms with Crippen LogP contribution in [0.4, 0.5) is 0 Å². The predicted octanol–water partition coefficient (Wildman–Crippen LogP) is 0.351. The van der Waals surface area contributed by atoms with Crippen LogP contribution in [0.25, 0.3) is 0 Å². The number of nitrogens with one attached hydrogen (secondary N) is 1. The number of aromatic nitrogens is 2. The standard InChI is InChI=1S/C11H20N4O2S/c1-8-11(9(2)13-12-8)18(16,17)15-6-5-10(7-15)14(3)4/h10H,5-7H2,1-4H3,(H,12,13). The number of aryl methyl sites for hydroxylation is 2. The Morgan fingerprint density at radius 1 is 1.39 bits per heavy atom. The van der Waals surface area contributed by atoms with Crippen LogP contribution in [0, 0.1) is 13.8 Å². The monoisotopic (exact) mass is 272 g/mol. The second-order valence-corrected chi connectivity index (χ2v) is 6.91. The van der Waals surface area contributed by atoms with E-state index >= 15 is 0 Å². The number of likely N-dealkylation sites (N-methyl/N-ethyl adjacent to an activating group) is 1. The zero-order valence-electron chi connectivity index (χ0n) is 11.3. The fourth-order valence-corrected chi connectivity index (χ4v) is 4.22. The molecule has 6 nitrogen and oxygen atoms in total. The molecule has 0 aromatic carbocycles. The van der Waals surface area contributed by atoms with Gasteiger partial charge in [-0.05, 0) is 34.4 Å². The summed E-state index contributed by atoms with van der Waals surface area (Å²) in [6.07, 6.45) is 0.877. The van der Waals surface area contributed by atoms with Gasteiger partial charge in [0.05, 0.1) is 11.4 Å². The van der Waals surface area contributed by atoms with Gasteiger partial charge >= 0.3 is 0 Å². The predicted molar refractivity (Wildman–Crippen MR) is 68.9 cm³/mol. The zero-order valence-corrected chi connectivity index (χ0v) is 12.1. The topological polar surface area (TPSA) is 69.3 Å². The number of nitrogens with zero attached hydrogens (tertiary/aromatic N) is 3. The van der Waals surface area contributed by atoms with Crippen LogP contribution in [0.15, 0.2) is 4.90 Å². The summed E-state index contributed by atoms with van der Waals surface area (Å²) in [5.41, 5.74) is 1.15. The average Bonchev–Trinajstić information content (AvgIpc) is 2.85. The lowest BCUT2D eigenvalue weighted by Crippen LogP contribution is -2.34. The first-order valence-corrected chi connectivity index (χ1v) is 7.46. The number of hydrogen-bond donors (Lipinski definition) is 1. The molecule has 1 fully saturated rings. The van der Waals surface area contributed by atoms with E-state index in [1.807, 2.05) is 14.1 Å². The van der Waals surface area contributed by atoms with Crippen molar-refractivity contribution in [2.45, 2.75) is 31.2 Å². The van der Waals surface area contributed by atoms with Crippen LogP contribution < -0.4 is 0 Å². The third kappa shape index (κ3) is 2.17. The lowest BCUT2D eigenvalue weighted by atomic mass is 10.2. The lowest BCUT2D eigenvalue weighted by Gasteiger charge is -2.20. The van der Waals surface area contributed by atoms with E-state index in [2.05, 4.69) is 15.1 Å². The molecule has 2 rings (SSSR count). The van der Waals surface area contributed by atoms with Crippen LogP contribution in [0.3, 0.4) is 0 Å². The molecule has 0 bridgehead atoms. The van der Waals surface area contributed by atoms with Crippen molar-refractivity contribution in [1.82, 2.24) is 19.4 Å². The number of sulfonamides is 1. The summed E-state index contributed by atoms with van der Waals surface area (Å²) in [6, 6.07) is 0.298. The first kappa shape index (κ1) is 13.5. The number of hydrogen-bond acceptors (Lipinski definition) is 4. The molecule has 0 spiro atoms. The van der Waals surface area contributed by atoms with Gasteiger partial charge in [0.15, 0.2) is 0 Å². The Balaban J connectivity index is 2.29. The third-order valence-electron chi connectivity index (χ3n) is 3.51. The highest BCUT2D eigenvalue weighted by molar-refractivity contribution is 7.89. The Kier molecular flexibility index (Phi) is 3.48. The third-order valence-corrected chi connectivity index (χ3v) is 5.64. The fourth-order valence-electron chi connectivity index (χ4n) is 2.40. The molecule has 0 saturated carbocycles. The number of aromatic amines is 1. The quantitative estimate of drug-likeness (QED) is 0.862. The minimum atomic E-state index is -3.41. The molecule has 1 N–H and O–H groups in total. The highest BCUT2D eigenvalue weighted by Gasteiger charge is 2.35. The molecule has 7 heteroatoms. The molecule has 1 aliphatic heterocycles. The van der Waals surface area contributed by atoms with E-state index in [-0.39, 0.29) is 0 Å². The van der Waals surface area contributed by atoms with E-state index in [9.17, 15) is 8.42 Å². The molecule has 0 radical (unpaired) electrons. The second kappa shape index (κ2) is 4.64. The first-order valence-electron chi connectivity index (χ1n) is 6.02. The van der Waals surface area contributed by atoms with Gasteiger partial charge in [-0.25, -0.2) is 8.42 Å². The van der Waals surface area contributed by atoms with Gasteiger partial charge in [-0.1, -0.05) is 0 Å². The van der Waals surface area contributed by atoms with E-state index in [0.29, 0.717) is 35.4 Å². The molecule has 1 saturated heterocycles. The van der Waals surface area contributed by atoms with Gasteiger partial charge in [-0.15, -0.1) is 0 Å². The van der Waals surface area contributed by atoms with Gasteiger partial charge in [0, 0.05) is 19.1 Å². The maximum atomic E-state index is 12.6. The summed E-state index contributed by atoms with van der Waals surface area (Å²) >= 11 is 0. The Morgan fingerprint density at radius 3 is 2.50 bits per heavy atom. The summed E-state index contributed by atoms with van der Waals surface area (Å²) in [4.78, 5) is 2.41. The molecule has 0 amide bonds. The van der Waals surface area contributed by atoms with Crippen molar-refractivity contribution in [3.8, 4) is 0 Å². The minimum absolute atomic E-state index is 0.298. The van der Waals surface area contributed by atoms with Crippen LogP contribution in [-0.4, -0.2) is 61.0 Å². The fraction of sp³-hybridized carbons (Fsp3) is 0.727. The molecule has 2 heterocycles. The smallest absolute Gasteiger partial charge is 0.246 e. The van der Waals surface area contributed by atoms with Gasteiger partial charge < -0.3 is 4.90 Å². The molecule has 1 atom stereocenters. The van der Waals surface area contributed by atoms with Crippen LogP contribution >= 0.6 is 0 Å². The highest BCUT2D eigenvalue weighted by Crippen LogP contribution is 2.25. The van der Waals surface area contributed by atoms with E-state index in [1.54, 1.807) is 18.2 Å². The van der Waals surface area contributed by atoms with Crippen molar-refractivity contribution in [3.63, 3.8) is 0 Å². The summed E-state index contributed by atoms with van der Waals surface area (Å²) < 4.78 is 26.7. The second-order valence-electron chi connectivity index (χ2n) is 5.03. The molecule has 1 aromatic heterocycles. The van der Waals surface area contributed by atoms with Gasteiger partial charge in [0.25, 0.3) is 0 Å². The van der Waals surface area contributed by atoms with Gasteiger partial charge in [0.1, 0.15) is 4.90 Å². The van der Waals surface area contributed by atoms with Crippen molar-refractivity contribution >= 4 is 10.0 Å². The molecule has 0 aliphatic carbocycles. The van der Waals surface area contributed by atoms with Crippen molar-refractivity contribution in [2.75, 3.05) is 27.2 Å². The minimum Gasteiger partial charge on any atom is -0.305 e. The molecular formula is C11H20N4O2S. The van der Waals surface area contributed by atoms with E-state index in [1.165, 1.54) is 0 Å². The molecule has 18 heavy (non-hydrogen) atoms. The van der Waals surface area contributed by atoms with Crippen LogP contribution in [-0.2, 0) is 10.0 Å². The van der Waals surface area contributed by atoms with Crippen LogP contribution in [0.2, 0.25) is 0 Å². The van der Waals surface area contributed by atoms with Crippen molar-refractivity contribution < 1.29 is 8.42 Å². The van der Waals surface area contributed by atoms with E-state index in [4.69, 9.17) is 0 Å². The highest BCUT2D eigenvalue weighted by atomic mass is 32.2. The van der Waals surface area contributed by atoms with Crippen molar-refractivity contribution in [3.05, 3.63) is 11.4 Å². The zero-order chi connectivity index (χ0) is 13.5. The van der Waals surface area contributed by atoms with Gasteiger partial charge in [-0.2, -0.15) is 9.40 Å². The van der Waals surface area contributed by atoms with Gasteiger partial charge in [-0.3, -0.25) is 5.10 Å². The summed E-state index contributed by atoms with van der Waals surface area (Å²) in [5, 5.41) is 6.70. The Labute approximate surface area is 108 Å². The molecule has 102 valence electrons. The van der Waals surface area contributed by atoms with Gasteiger partial charge in [0.2, 0.25) is 10.0 Å². The summed E-state index contributed by atoms with van der Waals surface area (Å²) in [6.45, 7) is 4.59. The normalized spacial score (nSPS) is 21.9. The van der Waals surface area contributed by atoms with E-state index in [0.717, 1.165) is 6.42 Å². The average molecular weight is 272 g/mol. The Morgan fingerprint density at radius 2 is 2.06 bits per heavy atom. The molecule has 1 unspecified atom stereocenters. The maximum Gasteiger partial charge on any atom is 0.246 e. The van der Waals surface area contributed by atoms with E-state index < -0.39 is 10.0 Å². The largest absolute Gasteiger partial charge is 0.305 e. The van der Waals surface area contributed by atoms with Crippen molar-refractivity contribution in [1.29, 1.82) is 0 Å². The number of H-pyrrole nitrogens is 1. The van der Waals surface area contributed by atoms with Crippen molar-refractivity contribution in [2.24, 2.45) is 0 Å². The number of rotatable bonds is 3. The summed E-state index contributed by atoms with van der Waals surface area (Å²) in [7, 11) is 0.552. The van der Waals surface area contributed by atoms with Crippen LogP contribution in [0.5, 0.6) is 0 Å². The Hall–Kier alpha value is -0.920. The first-order chi connectivity index (χ1) is 8.34.